The summed E-state index contributed by atoms with van der Waals surface area (Å²) < 4.78 is 23.8. The van der Waals surface area contributed by atoms with Crippen LogP contribution >= 0.6 is 0 Å². The average molecular weight is 225 g/mol. The maximum absolute atomic E-state index is 13.5. The number of halogens is 1. The highest BCUT2D eigenvalue weighted by Crippen LogP contribution is 2.41. The van der Waals surface area contributed by atoms with E-state index in [9.17, 15) is 4.39 Å². The van der Waals surface area contributed by atoms with Gasteiger partial charge in [-0.25, -0.2) is 4.39 Å². The molecule has 1 aliphatic rings. The van der Waals surface area contributed by atoms with E-state index in [1.165, 1.54) is 13.2 Å². The lowest BCUT2D eigenvalue weighted by Crippen LogP contribution is -2.25. The van der Waals surface area contributed by atoms with Crippen LogP contribution in [0, 0.1) is 5.82 Å². The summed E-state index contributed by atoms with van der Waals surface area (Å²) in [6.07, 6.45) is 2.53. The molecular formula is C12H16FNO2. The first-order chi connectivity index (χ1) is 7.59. The molecule has 0 bridgehead atoms. The quantitative estimate of drug-likeness (QED) is 0.850. The molecule has 3 nitrogen and oxygen atoms in total. The van der Waals surface area contributed by atoms with Crippen molar-refractivity contribution >= 4 is 0 Å². The van der Waals surface area contributed by atoms with Crippen molar-refractivity contribution in [3.8, 4) is 11.5 Å². The molecule has 1 aromatic rings. The molecule has 2 rings (SSSR count). The van der Waals surface area contributed by atoms with Gasteiger partial charge < -0.3 is 15.2 Å². The molecule has 1 fully saturated rings. The van der Waals surface area contributed by atoms with Crippen LogP contribution in [0.2, 0.25) is 0 Å². The van der Waals surface area contributed by atoms with Crippen LogP contribution in [0.4, 0.5) is 4.39 Å². The molecule has 2 N–H and O–H groups in total. The second-order valence-electron chi connectivity index (χ2n) is 4.30. The normalized spacial score (nSPS) is 17.0. The van der Waals surface area contributed by atoms with Crippen molar-refractivity contribution in [2.45, 2.75) is 24.8 Å². The summed E-state index contributed by atoms with van der Waals surface area (Å²) in [6, 6.07) is 2.95. The largest absolute Gasteiger partial charge is 0.496 e. The van der Waals surface area contributed by atoms with Crippen LogP contribution in [0.5, 0.6) is 11.5 Å². The lowest BCUT2D eigenvalue weighted by atomic mass is 10.0. The molecule has 0 atom stereocenters. The van der Waals surface area contributed by atoms with E-state index in [0.717, 1.165) is 18.4 Å². The first-order valence-corrected chi connectivity index (χ1v) is 5.28. The highest BCUT2D eigenvalue weighted by atomic mass is 19.1. The van der Waals surface area contributed by atoms with Crippen molar-refractivity contribution in [3.05, 3.63) is 23.5 Å². The Morgan fingerprint density at radius 3 is 2.50 bits per heavy atom. The second kappa shape index (κ2) is 3.94. The van der Waals surface area contributed by atoms with Gasteiger partial charge in [0, 0.05) is 11.1 Å². The number of nitrogens with two attached hydrogens (primary N) is 1. The number of rotatable bonds is 4. The van der Waals surface area contributed by atoms with Crippen LogP contribution in [-0.2, 0) is 6.42 Å². The standard InChI is InChI=1S/C12H16FNO2/c1-15-10-4-3-9(13)11(16-2)8(10)7-12(14)5-6-12/h3-4H,5-7,14H2,1-2H3. The van der Waals surface area contributed by atoms with Gasteiger partial charge in [-0.2, -0.15) is 0 Å². The number of methoxy groups -OCH3 is 2. The Morgan fingerprint density at radius 2 is 2.00 bits per heavy atom. The molecule has 0 radical (unpaired) electrons. The fraction of sp³-hybridized carbons (Fsp3) is 0.500. The third-order valence-electron chi connectivity index (χ3n) is 3.01. The van der Waals surface area contributed by atoms with Gasteiger partial charge in [0.2, 0.25) is 0 Å². The molecule has 1 aromatic carbocycles. The molecule has 88 valence electrons. The highest BCUT2D eigenvalue weighted by molar-refractivity contribution is 5.47. The van der Waals surface area contributed by atoms with Gasteiger partial charge in [-0.15, -0.1) is 0 Å². The van der Waals surface area contributed by atoms with E-state index >= 15 is 0 Å². The minimum absolute atomic E-state index is 0.200. The van der Waals surface area contributed by atoms with Gasteiger partial charge in [0.25, 0.3) is 0 Å². The monoisotopic (exact) mass is 225 g/mol. The Morgan fingerprint density at radius 1 is 1.31 bits per heavy atom. The zero-order valence-corrected chi connectivity index (χ0v) is 9.55. The third kappa shape index (κ3) is 1.97. The minimum Gasteiger partial charge on any atom is -0.496 e. The zero-order valence-electron chi connectivity index (χ0n) is 9.55. The summed E-state index contributed by atoms with van der Waals surface area (Å²) in [7, 11) is 3.02. The van der Waals surface area contributed by atoms with Gasteiger partial charge in [0.05, 0.1) is 14.2 Å². The topological polar surface area (TPSA) is 44.5 Å². The molecule has 1 aliphatic carbocycles. The third-order valence-corrected chi connectivity index (χ3v) is 3.01. The molecule has 0 amide bonds. The second-order valence-corrected chi connectivity index (χ2v) is 4.30. The SMILES string of the molecule is COc1ccc(F)c(OC)c1CC1(N)CC1. The van der Waals surface area contributed by atoms with E-state index < -0.39 is 0 Å². The van der Waals surface area contributed by atoms with Gasteiger partial charge in [0.15, 0.2) is 11.6 Å². The Hall–Kier alpha value is -1.29. The van der Waals surface area contributed by atoms with Crippen LogP contribution in [0.25, 0.3) is 0 Å². The van der Waals surface area contributed by atoms with Crippen molar-refractivity contribution in [2.75, 3.05) is 14.2 Å². The van der Waals surface area contributed by atoms with Gasteiger partial charge in [0.1, 0.15) is 5.75 Å². The van der Waals surface area contributed by atoms with Gasteiger partial charge >= 0.3 is 0 Å². The van der Waals surface area contributed by atoms with Crippen molar-refractivity contribution in [1.29, 1.82) is 0 Å². The van der Waals surface area contributed by atoms with Gasteiger partial charge in [-0.3, -0.25) is 0 Å². The molecule has 0 aliphatic heterocycles. The lowest BCUT2D eigenvalue weighted by Gasteiger charge is -2.16. The molecule has 1 saturated carbocycles. The molecule has 16 heavy (non-hydrogen) atoms. The lowest BCUT2D eigenvalue weighted by molar-refractivity contribution is 0.362. The van der Waals surface area contributed by atoms with E-state index in [4.69, 9.17) is 15.2 Å². The predicted molar refractivity (Wildman–Crippen MR) is 59.4 cm³/mol. The molecule has 0 unspecified atom stereocenters. The van der Waals surface area contributed by atoms with Crippen LogP contribution in [0.3, 0.4) is 0 Å². The Balaban J connectivity index is 2.41. The zero-order chi connectivity index (χ0) is 11.8. The summed E-state index contributed by atoms with van der Waals surface area (Å²) in [6.45, 7) is 0. The number of ether oxygens (including phenoxy) is 2. The van der Waals surface area contributed by atoms with E-state index in [-0.39, 0.29) is 17.1 Å². The fourth-order valence-corrected chi connectivity index (χ4v) is 1.85. The first-order valence-electron chi connectivity index (χ1n) is 5.28. The molecule has 0 saturated heterocycles. The van der Waals surface area contributed by atoms with Crippen molar-refractivity contribution in [3.63, 3.8) is 0 Å². The fourth-order valence-electron chi connectivity index (χ4n) is 1.85. The van der Waals surface area contributed by atoms with E-state index in [0.29, 0.717) is 12.2 Å². The number of benzene rings is 1. The highest BCUT2D eigenvalue weighted by Gasteiger charge is 2.40. The molecule has 0 heterocycles. The van der Waals surface area contributed by atoms with Crippen LogP contribution in [-0.4, -0.2) is 19.8 Å². The molecule has 0 aromatic heterocycles. The Bertz CT molecular complexity index is 402. The first kappa shape index (κ1) is 11.2. The van der Waals surface area contributed by atoms with Crippen LogP contribution < -0.4 is 15.2 Å². The van der Waals surface area contributed by atoms with E-state index in [2.05, 4.69) is 0 Å². The summed E-state index contributed by atoms with van der Waals surface area (Å²) in [5.41, 5.74) is 6.57. The Labute approximate surface area is 94.3 Å². The molecule has 0 spiro atoms. The summed E-state index contributed by atoms with van der Waals surface area (Å²) >= 11 is 0. The summed E-state index contributed by atoms with van der Waals surface area (Å²) in [5, 5.41) is 0. The number of hydrogen-bond acceptors (Lipinski definition) is 3. The molecule has 4 heteroatoms. The van der Waals surface area contributed by atoms with Gasteiger partial charge in [-0.05, 0) is 31.4 Å². The Kier molecular flexibility index (Phi) is 2.76. The van der Waals surface area contributed by atoms with Crippen LogP contribution in [0.15, 0.2) is 12.1 Å². The van der Waals surface area contributed by atoms with Crippen LogP contribution in [0.1, 0.15) is 18.4 Å². The molecular weight excluding hydrogens is 209 g/mol. The van der Waals surface area contributed by atoms with E-state index in [1.807, 2.05) is 0 Å². The van der Waals surface area contributed by atoms with Crippen molar-refractivity contribution < 1.29 is 13.9 Å². The van der Waals surface area contributed by atoms with Crippen molar-refractivity contribution in [2.24, 2.45) is 5.73 Å². The maximum atomic E-state index is 13.5. The predicted octanol–water partition coefficient (Wildman–Crippen LogP) is 1.88. The van der Waals surface area contributed by atoms with Gasteiger partial charge in [-0.1, -0.05) is 0 Å². The van der Waals surface area contributed by atoms with E-state index in [1.54, 1.807) is 13.2 Å². The smallest absolute Gasteiger partial charge is 0.165 e. The summed E-state index contributed by atoms with van der Waals surface area (Å²) in [5.74, 6) is 0.508. The van der Waals surface area contributed by atoms with Crippen molar-refractivity contribution in [1.82, 2.24) is 0 Å². The number of hydrogen-bond donors (Lipinski definition) is 1. The average Bonchev–Trinajstić information content (AvgIpc) is 2.97. The maximum Gasteiger partial charge on any atom is 0.165 e. The summed E-state index contributed by atoms with van der Waals surface area (Å²) in [4.78, 5) is 0. The minimum atomic E-state index is -0.373.